The Hall–Kier alpha value is -2.47. The van der Waals surface area contributed by atoms with Crippen LogP contribution < -0.4 is 10.6 Å². The van der Waals surface area contributed by atoms with Gasteiger partial charge >= 0.3 is 6.03 Å². The summed E-state index contributed by atoms with van der Waals surface area (Å²) in [6, 6.07) is 9.05. The quantitative estimate of drug-likeness (QED) is 0.859. The first-order valence-electron chi connectivity index (χ1n) is 7.59. The van der Waals surface area contributed by atoms with Crippen LogP contribution in [0, 0.1) is 6.92 Å². The van der Waals surface area contributed by atoms with E-state index in [4.69, 9.17) is 4.74 Å². The molecule has 1 aromatic heterocycles. The Morgan fingerprint density at radius 3 is 2.61 bits per heavy atom. The minimum Gasteiger partial charge on any atom is -0.383 e. The Balaban J connectivity index is 1.98. The van der Waals surface area contributed by atoms with Crippen LogP contribution >= 0.6 is 0 Å². The summed E-state index contributed by atoms with van der Waals surface area (Å²) in [5.74, 6) is 0.673. The molecular formula is C17H22N4O2. The summed E-state index contributed by atoms with van der Waals surface area (Å²) in [7, 11) is 1.62. The first-order chi connectivity index (χ1) is 11.1. The van der Waals surface area contributed by atoms with Gasteiger partial charge in [-0.2, -0.15) is 0 Å². The Bertz CT molecular complexity index is 643. The van der Waals surface area contributed by atoms with E-state index in [9.17, 15) is 4.79 Å². The number of amides is 2. The molecule has 0 aliphatic carbocycles. The van der Waals surface area contributed by atoms with Gasteiger partial charge in [-0.05, 0) is 43.7 Å². The lowest BCUT2D eigenvalue weighted by Crippen LogP contribution is -2.40. The van der Waals surface area contributed by atoms with Crippen LogP contribution in [0.2, 0.25) is 0 Å². The summed E-state index contributed by atoms with van der Waals surface area (Å²) in [5.41, 5.74) is 2.54. The maximum absolute atomic E-state index is 12.0. The van der Waals surface area contributed by atoms with Crippen LogP contribution in [0.3, 0.4) is 0 Å². The lowest BCUT2D eigenvalue weighted by Gasteiger charge is -2.16. The highest BCUT2D eigenvalue weighted by Gasteiger charge is 2.10. The molecule has 6 heteroatoms. The van der Waals surface area contributed by atoms with Crippen molar-refractivity contribution in [2.24, 2.45) is 0 Å². The summed E-state index contributed by atoms with van der Waals surface area (Å²) in [4.78, 5) is 20.6. The summed E-state index contributed by atoms with van der Waals surface area (Å²) in [5, 5.41) is 5.68. The lowest BCUT2D eigenvalue weighted by molar-refractivity contribution is 0.165. The smallest absolute Gasteiger partial charge is 0.319 e. The Morgan fingerprint density at radius 2 is 2.00 bits per heavy atom. The van der Waals surface area contributed by atoms with Crippen LogP contribution in [0.5, 0.6) is 0 Å². The van der Waals surface area contributed by atoms with Gasteiger partial charge in [-0.15, -0.1) is 0 Å². The van der Waals surface area contributed by atoms with E-state index in [-0.39, 0.29) is 12.1 Å². The molecule has 1 aromatic carbocycles. The van der Waals surface area contributed by atoms with Gasteiger partial charge in [0.2, 0.25) is 0 Å². The van der Waals surface area contributed by atoms with E-state index in [0.29, 0.717) is 18.1 Å². The van der Waals surface area contributed by atoms with Crippen LogP contribution in [0.4, 0.5) is 10.5 Å². The monoisotopic (exact) mass is 314 g/mol. The van der Waals surface area contributed by atoms with Gasteiger partial charge in [0.1, 0.15) is 0 Å². The number of urea groups is 1. The van der Waals surface area contributed by atoms with Gasteiger partial charge < -0.3 is 15.4 Å². The number of methoxy groups -OCH3 is 1. The number of nitrogens with zero attached hydrogens (tertiary/aromatic N) is 2. The van der Waals surface area contributed by atoms with Crippen LogP contribution in [0.15, 0.2) is 36.5 Å². The van der Waals surface area contributed by atoms with E-state index in [1.807, 2.05) is 44.2 Å². The second-order valence-electron chi connectivity index (χ2n) is 5.26. The van der Waals surface area contributed by atoms with Gasteiger partial charge in [0.15, 0.2) is 5.82 Å². The number of rotatable bonds is 6. The zero-order valence-corrected chi connectivity index (χ0v) is 13.7. The number of anilines is 1. The maximum atomic E-state index is 12.0. The minimum absolute atomic E-state index is 0.0000304. The second kappa shape index (κ2) is 8.24. The van der Waals surface area contributed by atoms with Crippen molar-refractivity contribution in [2.45, 2.75) is 26.3 Å². The number of carbonyl (C=O) groups is 1. The molecule has 0 fully saturated rings. The standard InChI is InChI=1S/C17H22N4O2/c1-4-14(11-23-3)20-17(22)21-15-7-5-13(6-8-15)16-18-10-9-12(2)19-16/h5-10,14H,4,11H2,1-3H3,(H2,20,21,22)/t14-/m1/s1. The second-order valence-corrected chi connectivity index (χ2v) is 5.26. The van der Waals surface area contributed by atoms with Crippen molar-refractivity contribution >= 4 is 11.7 Å². The fourth-order valence-electron chi connectivity index (χ4n) is 2.11. The van der Waals surface area contributed by atoms with Crippen LogP contribution in [0.1, 0.15) is 19.0 Å². The summed E-state index contributed by atoms with van der Waals surface area (Å²) in [6.45, 7) is 4.42. The number of nitrogens with one attached hydrogen (secondary N) is 2. The molecule has 1 atom stereocenters. The minimum atomic E-state index is -0.242. The molecule has 0 bridgehead atoms. The largest absolute Gasteiger partial charge is 0.383 e. The Labute approximate surface area is 136 Å². The predicted octanol–water partition coefficient (Wildman–Crippen LogP) is 3.00. The highest BCUT2D eigenvalue weighted by atomic mass is 16.5. The highest BCUT2D eigenvalue weighted by molar-refractivity contribution is 5.89. The van der Waals surface area contributed by atoms with Crippen molar-refractivity contribution in [3.05, 3.63) is 42.2 Å². The normalized spacial score (nSPS) is 11.8. The third kappa shape index (κ3) is 5.03. The number of benzene rings is 1. The van der Waals surface area contributed by atoms with Crippen molar-refractivity contribution in [1.29, 1.82) is 0 Å². The SMILES string of the molecule is CC[C@H](COC)NC(=O)Nc1ccc(-c2nccc(C)n2)cc1. The molecule has 2 rings (SSSR count). The molecule has 0 aliphatic heterocycles. The average molecular weight is 314 g/mol. The predicted molar refractivity (Wildman–Crippen MR) is 90.3 cm³/mol. The first kappa shape index (κ1) is 16.9. The number of aromatic nitrogens is 2. The van der Waals surface area contributed by atoms with E-state index in [1.54, 1.807) is 13.3 Å². The third-order valence-corrected chi connectivity index (χ3v) is 3.39. The molecule has 0 spiro atoms. The van der Waals surface area contributed by atoms with Crippen molar-refractivity contribution in [3.8, 4) is 11.4 Å². The molecule has 1 heterocycles. The van der Waals surface area contributed by atoms with Crippen molar-refractivity contribution in [3.63, 3.8) is 0 Å². The van der Waals surface area contributed by atoms with Crippen LogP contribution in [-0.2, 0) is 4.74 Å². The summed E-state index contributed by atoms with van der Waals surface area (Å²) < 4.78 is 5.06. The number of hydrogen-bond acceptors (Lipinski definition) is 4. The van der Waals surface area contributed by atoms with E-state index < -0.39 is 0 Å². The molecule has 0 saturated heterocycles. The average Bonchev–Trinajstić information content (AvgIpc) is 2.55. The van der Waals surface area contributed by atoms with Gasteiger partial charge in [-0.25, -0.2) is 14.8 Å². The zero-order valence-electron chi connectivity index (χ0n) is 13.7. The number of aryl methyl sites for hydroxylation is 1. The molecule has 122 valence electrons. The molecule has 2 N–H and O–H groups in total. The zero-order chi connectivity index (χ0) is 16.7. The van der Waals surface area contributed by atoms with E-state index in [2.05, 4.69) is 20.6 Å². The van der Waals surface area contributed by atoms with Crippen molar-refractivity contribution in [1.82, 2.24) is 15.3 Å². The molecule has 0 saturated carbocycles. The van der Waals surface area contributed by atoms with Crippen molar-refractivity contribution < 1.29 is 9.53 Å². The Morgan fingerprint density at radius 1 is 1.26 bits per heavy atom. The van der Waals surface area contributed by atoms with Gasteiger partial charge in [0.05, 0.1) is 12.6 Å². The molecule has 0 aliphatic rings. The molecule has 0 radical (unpaired) electrons. The molecule has 0 unspecified atom stereocenters. The fourth-order valence-corrected chi connectivity index (χ4v) is 2.11. The molecule has 2 aromatic rings. The topological polar surface area (TPSA) is 76.1 Å². The van der Waals surface area contributed by atoms with Crippen LogP contribution in [-0.4, -0.2) is 35.8 Å². The van der Waals surface area contributed by atoms with Crippen LogP contribution in [0.25, 0.3) is 11.4 Å². The molecule has 6 nitrogen and oxygen atoms in total. The first-order valence-corrected chi connectivity index (χ1v) is 7.59. The number of ether oxygens (including phenoxy) is 1. The number of hydrogen-bond donors (Lipinski definition) is 2. The van der Waals surface area contributed by atoms with Crippen molar-refractivity contribution in [2.75, 3.05) is 19.0 Å². The van der Waals surface area contributed by atoms with Gasteiger partial charge in [0.25, 0.3) is 0 Å². The highest BCUT2D eigenvalue weighted by Crippen LogP contribution is 2.17. The van der Waals surface area contributed by atoms with E-state index in [0.717, 1.165) is 17.7 Å². The Kier molecular flexibility index (Phi) is 6.05. The summed E-state index contributed by atoms with van der Waals surface area (Å²) in [6.07, 6.45) is 2.54. The fraction of sp³-hybridized carbons (Fsp3) is 0.353. The van der Waals surface area contributed by atoms with Gasteiger partial charge in [-0.1, -0.05) is 6.92 Å². The number of carbonyl (C=O) groups excluding carboxylic acids is 1. The lowest BCUT2D eigenvalue weighted by atomic mass is 10.2. The molecule has 2 amide bonds. The van der Waals surface area contributed by atoms with E-state index >= 15 is 0 Å². The van der Waals surface area contributed by atoms with Gasteiger partial charge in [-0.3, -0.25) is 0 Å². The maximum Gasteiger partial charge on any atom is 0.319 e. The third-order valence-electron chi connectivity index (χ3n) is 3.39. The molecule has 23 heavy (non-hydrogen) atoms. The summed E-state index contributed by atoms with van der Waals surface area (Å²) >= 11 is 0. The molecular weight excluding hydrogens is 292 g/mol. The van der Waals surface area contributed by atoms with E-state index in [1.165, 1.54) is 0 Å². The van der Waals surface area contributed by atoms with Gasteiger partial charge in [0, 0.05) is 30.3 Å².